The quantitative estimate of drug-likeness (QED) is 0.574. The van der Waals surface area contributed by atoms with E-state index in [1.165, 1.54) is 18.9 Å². The Bertz CT molecular complexity index is 384. The largest absolute Gasteiger partial charge is 0.493 e. The van der Waals surface area contributed by atoms with E-state index < -0.39 is 0 Å². The van der Waals surface area contributed by atoms with Crippen LogP contribution < -0.4 is 0 Å². The van der Waals surface area contributed by atoms with Crippen molar-refractivity contribution in [3.8, 4) is 5.88 Å². The van der Waals surface area contributed by atoms with Gasteiger partial charge in [0.1, 0.15) is 12.7 Å². The van der Waals surface area contributed by atoms with Gasteiger partial charge in [0, 0.05) is 6.20 Å². The van der Waals surface area contributed by atoms with Gasteiger partial charge in [0.15, 0.2) is 5.65 Å². The molecular formula is C6H4N4O. The highest BCUT2D eigenvalue weighted by molar-refractivity contribution is 5.77. The van der Waals surface area contributed by atoms with Crippen LogP contribution >= 0.6 is 0 Å². The van der Waals surface area contributed by atoms with Gasteiger partial charge in [0.2, 0.25) is 5.88 Å². The highest BCUT2D eigenvalue weighted by Gasteiger charge is 1.99. The maximum atomic E-state index is 9.14. The highest BCUT2D eigenvalue weighted by Crippen LogP contribution is 2.14. The van der Waals surface area contributed by atoms with Crippen molar-refractivity contribution < 1.29 is 5.11 Å². The monoisotopic (exact) mass is 148 g/mol. The third kappa shape index (κ3) is 0.861. The predicted molar refractivity (Wildman–Crippen MR) is 36.8 cm³/mol. The molecule has 0 atom stereocenters. The van der Waals surface area contributed by atoms with Gasteiger partial charge < -0.3 is 5.11 Å². The van der Waals surface area contributed by atoms with Gasteiger partial charge >= 0.3 is 0 Å². The fourth-order valence-electron chi connectivity index (χ4n) is 0.792. The van der Waals surface area contributed by atoms with Gasteiger partial charge in [0.25, 0.3) is 0 Å². The van der Waals surface area contributed by atoms with Crippen molar-refractivity contribution in [2.45, 2.75) is 0 Å². The molecule has 0 unspecified atom stereocenters. The van der Waals surface area contributed by atoms with Crippen molar-refractivity contribution in [1.29, 1.82) is 0 Å². The smallest absolute Gasteiger partial charge is 0.225 e. The minimum absolute atomic E-state index is 0.0874. The van der Waals surface area contributed by atoms with Crippen LogP contribution in [0.5, 0.6) is 5.88 Å². The summed E-state index contributed by atoms with van der Waals surface area (Å²) in [6.07, 6.45) is 4.09. The first-order valence-electron chi connectivity index (χ1n) is 2.97. The second kappa shape index (κ2) is 2.12. The van der Waals surface area contributed by atoms with Crippen molar-refractivity contribution in [3.05, 3.63) is 18.9 Å². The van der Waals surface area contributed by atoms with Crippen LogP contribution in [0.1, 0.15) is 0 Å². The van der Waals surface area contributed by atoms with E-state index in [1.54, 1.807) is 0 Å². The topological polar surface area (TPSA) is 71.8 Å². The number of fused-ring (bicyclic) bond motifs is 1. The van der Waals surface area contributed by atoms with E-state index in [0.29, 0.717) is 11.0 Å². The Morgan fingerprint density at radius 2 is 1.91 bits per heavy atom. The Labute approximate surface area is 61.8 Å². The van der Waals surface area contributed by atoms with E-state index in [4.69, 9.17) is 5.11 Å². The standard InChI is InChI=1S/C6H4N4O/c11-6-4-1-7-2-8-5(4)9-3-10-6/h1-3H,(H,7,8,9,10,11). The van der Waals surface area contributed by atoms with Crippen LogP contribution in [0, 0.1) is 0 Å². The molecule has 0 bridgehead atoms. The van der Waals surface area contributed by atoms with Crippen LogP contribution in [0.15, 0.2) is 18.9 Å². The van der Waals surface area contributed by atoms with E-state index in [2.05, 4.69) is 19.9 Å². The lowest BCUT2D eigenvalue weighted by Gasteiger charge is -1.94. The van der Waals surface area contributed by atoms with Gasteiger partial charge in [-0.3, -0.25) is 0 Å². The Balaban J connectivity index is 2.91. The molecule has 5 heteroatoms. The van der Waals surface area contributed by atoms with Gasteiger partial charge in [0.05, 0.1) is 5.39 Å². The predicted octanol–water partition coefficient (Wildman–Crippen LogP) is 0.125. The first-order valence-corrected chi connectivity index (χ1v) is 2.97. The Hall–Kier alpha value is -1.78. The second-order valence-electron chi connectivity index (χ2n) is 1.96. The summed E-state index contributed by atoms with van der Waals surface area (Å²) in [5, 5.41) is 9.61. The summed E-state index contributed by atoms with van der Waals surface area (Å²) in [6, 6.07) is 0. The van der Waals surface area contributed by atoms with Crippen LogP contribution in [0.25, 0.3) is 11.0 Å². The Kier molecular flexibility index (Phi) is 1.15. The zero-order chi connectivity index (χ0) is 7.68. The molecule has 2 aromatic heterocycles. The lowest BCUT2D eigenvalue weighted by Crippen LogP contribution is -1.86. The van der Waals surface area contributed by atoms with Gasteiger partial charge in [-0.1, -0.05) is 0 Å². The number of aromatic hydroxyl groups is 1. The molecule has 2 heterocycles. The van der Waals surface area contributed by atoms with Crippen LogP contribution in [0.2, 0.25) is 0 Å². The third-order valence-electron chi connectivity index (χ3n) is 1.29. The zero-order valence-electron chi connectivity index (χ0n) is 5.47. The molecule has 11 heavy (non-hydrogen) atoms. The fraction of sp³-hybridized carbons (Fsp3) is 0. The van der Waals surface area contributed by atoms with Gasteiger partial charge in [-0.05, 0) is 0 Å². The van der Waals surface area contributed by atoms with E-state index in [1.807, 2.05) is 0 Å². The molecule has 5 nitrogen and oxygen atoms in total. The van der Waals surface area contributed by atoms with E-state index >= 15 is 0 Å². The van der Waals surface area contributed by atoms with Gasteiger partial charge in [-0.15, -0.1) is 0 Å². The Morgan fingerprint density at radius 1 is 1.09 bits per heavy atom. The minimum Gasteiger partial charge on any atom is -0.493 e. The molecular weight excluding hydrogens is 144 g/mol. The summed E-state index contributed by atoms with van der Waals surface area (Å²) in [4.78, 5) is 14.9. The van der Waals surface area contributed by atoms with Crippen LogP contribution in [-0.2, 0) is 0 Å². The van der Waals surface area contributed by atoms with Crippen molar-refractivity contribution in [1.82, 2.24) is 19.9 Å². The number of aromatic nitrogens is 4. The van der Waals surface area contributed by atoms with E-state index in [-0.39, 0.29) is 5.88 Å². The first-order chi connectivity index (χ1) is 5.38. The fourth-order valence-corrected chi connectivity index (χ4v) is 0.792. The maximum absolute atomic E-state index is 9.14. The van der Waals surface area contributed by atoms with Crippen molar-refractivity contribution in [2.24, 2.45) is 0 Å². The van der Waals surface area contributed by atoms with Gasteiger partial charge in [-0.2, -0.15) is 0 Å². The molecule has 0 spiro atoms. The number of hydrogen-bond donors (Lipinski definition) is 1. The number of rotatable bonds is 0. The molecule has 0 aliphatic carbocycles. The summed E-state index contributed by atoms with van der Waals surface area (Å²) in [5.41, 5.74) is 0.451. The first kappa shape index (κ1) is 5.96. The molecule has 2 aromatic rings. The zero-order valence-corrected chi connectivity index (χ0v) is 5.47. The molecule has 0 aromatic carbocycles. The summed E-state index contributed by atoms with van der Waals surface area (Å²) in [5.74, 6) is -0.0874. The molecule has 0 aliphatic heterocycles. The summed E-state index contributed by atoms with van der Waals surface area (Å²) in [7, 11) is 0. The minimum atomic E-state index is -0.0874. The van der Waals surface area contributed by atoms with Gasteiger partial charge in [-0.25, -0.2) is 19.9 Å². The average molecular weight is 148 g/mol. The van der Waals surface area contributed by atoms with Crippen LogP contribution in [0.4, 0.5) is 0 Å². The molecule has 1 N–H and O–H groups in total. The lowest BCUT2D eigenvalue weighted by atomic mass is 10.4. The number of nitrogens with zero attached hydrogens (tertiary/aromatic N) is 4. The molecule has 54 valence electrons. The normalized spacial score (nSPS) is 10.2. The molecule has 2 rings (SSSR count). The number of hydrogen-bond acceptors (Lipinski definition) is 5. The molecule has 0 saturated carbocycles. The highest BCUT2D eigenvalue weighted by atomic mass is 16.3. The van der Waals surface area contributed by atoms with Crippen molar-refractivity contribution >= 4 is 11.0 Å². The molecule has 0 fully saturated rings. The second-order valence-corrected chi connectivity index (χ2v) is 1.96. The Morgan fingerprint density at radius 3 is 2.73 bits per heavy atom. The SMILES string of the molecule is Oc1ncnc2ncncc12. The molecule has 0 saturated heterocycles. The maximum Gasteiger partial charge on any atom is 0.225 e. The van der Waals surface area contributed by atoms with E-state index in [9.17, 15) is 0 Å². The third-order valence-corrected chi connectivity index (χ3v) is 1.29. The molecule has 0 amide bonds. The van der Waals surface area contributed by atoms with E-state index in [0.717, 1.165) is 0 Å². The molecule has 0 radical (unpaired) electrons. The van der Waals surface area contributed by atoms with Crippen LogP contribution in [-0.4, -0.2) is 25.0 Å². The van der Waals surface area contributed by atoms with Crippen molar-refractivity contribution in [3.63, 3.8) is 0 Å². The molecule has 0 aliphatic rings. The van der Waals surface area contributed by atoms with Crippen molar-refractivity contribution in [2.75, 3.05) is 0 Å². The summed E-state index contributed by atoms with van der Waals surface area (Å²) in [6.45, 7) is 0. The summed E-state index contributed by atoms with van der Waals surface area (Å²) >= 11 is 0. The van der Waals surface area contributed by atoms with Crippen LogP contribution in [0.3, 0.4) is 0 Å². The lowest BCUT2D eigenvalue weighted by molar-refractivity contribution is 0.459. The summed E-state index contributed by atoms with van der Waals surface area (Å²) < 4.78 is 0. The average Bonchev–Trinajstić information content (AvgIpc) is 2.06.